The number of benzene rings is 1. The number of hydrogen-bond donors (Lipinski definition) is 1. The lowest BCUT2D eigenvalue weighted by Gasteiger charge is -2.17. The van der Waals surface area contributed by atoms with Gasteiger partial charge in [-0.25, -0.2) is 9.97 Å². The van der Waals surface area contributed by atoms with E-state index in [0.717, 1.165) is 29.9 Å². The molecule has 3 nitrogen and oxygen atoms in total. The molecule has 0 atom stereocenters. The fourth-order valence-electron chi connectivity index (χ4n) is 2.02. The zero-order chi connectivity index (χ0) is 14.8. The van der Waals surface area contributed by atoms with Gasteiger partial charge in [-0.05, 0) is 57.4 Å². The Bertz CT molecular complexity index is 597. The lowest BCUT2D eigenvalue weighted by molar-refractivity contribution is 0.471. The third-order valence-corrected chi connectivity index (χ3v) is 3.50. The van der Waals surface area contributed by atoms with Crippen molar-refractivity contribution in [1.82, 2.24) is 9.97 Å². The molecule has 0 spiro atoms. The highest BCUT2D eigenvalue weighted by molar-refractivity contribution is 5.60. The monoisotopic (exact) mass is 269 g/mol. The number of hydrogen-bond acceptors (Lipinski definition) is 3. The average molecular weight is 269 g/mol. The van der Waals surface area contributed by atoms with Crippen molar-refractivity contribution in [3.05, 3.63) is 47.4 Å². The Hall–Kier alpha value is -1.74. The van der Waals surface area contributed by atoms with Crippen molar-refractivity contribution in [2.45, 2.75) is 46.1 Å². The summed E-state index contributed by atoms with van der Waals surface area (Å²) in [5.74, 6) is 0.860. The second kappa shape index (κ2) is 5.71. The molecule has 0 aliphatic rings. The Balaban J connectivity index is 2.23. The van der Waals surface area contributed by atoms with E-state index in [1.165, 1.54) is 11.1 Å². The summed E-state index contributed by atoms with van der Waals surface area (Å²) in [6, 6.07) is 8.38. The summed E-state index contributed by atoms with van der Waals surface area (Å²) < 4.78 is 0. The van der Waals surface area contributed by atoms with Crippen LogP contribution in [-0.4, -0.2) is 15.5 Å². The van der Waals surface area contributed by atoms with E-state index < -0.39 is 0 Å². The number of rotatable bonds is 4. The number of nitrogens with zero attached hydrogens (tertiary/aromatic N) is 2. The molecule has 0 saturated carbocycles. The summed E-state index contributed by atoms with van der Waals surface area (Å²) in [6.07, 6.45) is 3.52. The van der Waals surface area contributed by atoms with E-state index in [1.54, 1.807) is 0 Å². The quantitative estimate of drug-likeness (QED) is 0.925. The third kappa shape index (κ3) is 3.87. The molecule has 3 heteroatoms. The predicted octanol–water partition coefficient (Wildman–Crippen LogP) is 3.43. The molecular weight excluding hydrogens is 246 g/mol. The van der Waals surface area contributed by atoms with Crippen molar-refractivity contribution in [3.8, 4) is 11.3 Å². The summed E-state index contributed by atoms with van der Waals surface area (Å²) in [6.45, 7) is 8.30. The molecule has 1 heterocycles. The molecule has 0 aliphatic heterocycles. The predicted molar refractivity (Wildman–Crippen MR) is 83.5 cm³/mol. The zero-order valence-electron chi connectivity index (χ0n) is 12.8. The van der Waals surface area contributed by atoms with Crippen LogP contribution >= 0.6 is 0 Å². The molecule has 0 radical (unpaired) electrons. The van der Waals surface area contributed by atoms with Crippen LogP contribution in [0.3, 0.4) is 0 Å². The summed E-state index contributed by atoms with van der Waals surface area (Å²) in [7, 11) is 0. The summed E-state index contributed by atoms with van der Waals surface area (Å²) >= 11 is 0. The highest BCUT2D eigenvalue weighted by Crippen LogP contribution is 2.20. The van der Waals surface area contributed by atoms with E-state index in [-0.39, 0.29) is 5.54 Å². The number of nitrogens with two attached hydrogens (primary N) is 1. The molecular formula is C17H23N3. The van der Waals surface area contributed by atoms with E-state index in [4.69, 9.17) is 5.73 Å². The fourth-order valence-corrected chi connectivity index (χ4v) is 2.02. The van der Waals surface area contributed by atoms with Gasteiger partial charge in [0.1, 0.15) is 5.82 Å². The number of aromatic nitrogens is 2. The SMILES string of the molecule is Cc1ccc(-c2ccnc(CCC(C)(C)N)n2)cc1C. The van der Waals surface area contributed by atoms with Crippen molar-refractivity contribution in [2.24, 2.45) is 5.73 Å². The molecule has 1 aromatic carbocycles. The van der Waals surface area contributed by atoms with Crippen molar-refractivity contribution in [1.29, 1.82) is 0 Å². The van der Waals surface area contributed by atoms with Gasteiger partial charge in [0.15, 0.2) is 0 Å². The molecule has 0 unspecified atom stereocenters. The van der Waals surface area contributed by atoms with Gasteiger partial charge in [0.2, 0.25) is 0 Å². The van der Waals surface area contributed by atoms with Gasteiger partial charge in [-0.3, -0.25) is 0 Å². The number of aryl methyl sites for hydroxylation is 3. The molecule has 0 amide bonds. The maximum atomic E-state index is 6.01. The lowest BCUT2D eigenvalue weighted by atomic mass is 10.00. The maximum absolute atomic E-state index is 6.01. The molecule has 106 valence electrons. The highest BCUT2D eigenvalue weighted by Gasteiger charge is 2.12. The van der Waals surface area contributed by atoms with Gasteiger partial charge < -0.3 is 5.73 Å². The first-order valence-electron chi connectivity index (χ1n) is 7.03. The molecule has 0 saturated heterocycles. The van der Waals surface area contributed by atoms with Crippen molar-refractivity contribution >= 4 is 0 Å². The Kier molecular flexibility index (Phi) is 4.19. The molecule has 2 rings (SSSR count). The van der Waals surface area contributed by atoms with E-state index in [9.17, 15) is 0 Å². The van der Waals surface area contributed by atoms with E-state index in [1.807, 2.05) is 26.1 Å². The molecule has 0 fully saturated rings. The smallest absolute Gasteiger partial charge is 0.129 e. The van der Waals surface area contributed by atoms with Crippen molar-refractivity contribution in [3.63, 3.8) is 0 Å². The molecule has 1 aromatic heterocycles. The van der Waals surface area contributed by atoms with Crippen LogP contribution in [0.25, 0.3) is 11.3 Å². The Labute approximate surface area is 121 Å². The van der Waals surface area contributed by atoms with Gasteiger partial charge in [0, 0.05) is 23.7 Å². The van der Waals surface area contributed by atoms with Gasteiger partial charge >= 0.3 is 0 Å². The maximum Gasteiger partial charge on any atom is 0.129 e. The van der Waals surface area contributed by atoms with Crippen LogP contribution in [0.4, 0.5) is 0 Å². The first-order valence-corrected chi connectivity index (χ1v) is 7.03. The van der Waals surface area contributed by atoms with Crippen molar-refractivity contribution in [2.75, 3.05) is 0 Å². The lowest BCUT2D eigenvalue weighted by Crippen LogP contribution is -2.32. The Morgan fingerprint density at radius 2 is 1.85 bits per heavy atom. The minimum Gasteiger partial charge on any atom is -0.326 e. The van der Waals surface area contributed by atoms with Crippen LogP contribution < -0.4 is 5.73 Å². The third-order valence-electron chi connectivity index (χ3n) is 3.50. The van der Waals surface area contributed by atoms with Crippen LogP contribution in [0.2, 0.25) is 0 Å². The first-order chi connectivity index (χ1) is 9.35. The van der Waals surface area contributed by atoms with Gasteiger partial charge in [0.05, 0.1) is 5.69 Å². The second-order valence-corrected chi connectivity index (χ2v) is 6.15. The second-order valence-electron chi connectivity index (χ2n) is 6.15. The van der Waals surface area contributed by atoms with E-state index in [0.29, 0.717) is 0 Å². The molecule has 2 N–H and O–H groups in total. The molecule has 20 heavy (non-hydrogen) atoms. The van der Waals surface area contributed by atoms with Gasteiger partial charge in [-0.2, -0.15) is 0 Å². The fraction of sp³-hybridized carbons (Fsp3) is 0.412. The van der Waals surface area contributed by atoms with Crippen LogP contribution in [0.1, 0.15) is 37.2 Å². The molecule has 0 bridgehead atoms. The van der Waals surface area contributed by atoms with Gasteiger partial charge in [-0.1, -0.05) is 12.1 Å². The van der Waals surface area contributed by atoms with Gasteiger partial charge in [-0.15, -0.1) is 0 Å². The van der Waals surface area contributed by atoms with Crippen LogP contribution in [0.5, 0.6) is 0 Å². The zero-order valence-corrected chi connectivity index (χ0v) is 12.8. The normalized spacial score (nSPS) is 11.7. The summed E-state index contributed by atoms with van der Waals surface area (Å²) in [5.41, 5.74) is 10.5. The van der Waals surface area contributed by atoms with E-state index in [2.05, 4.69) is 42.0 Å². The minimum absolute atomic E-state index is 0.181. The standard InChI is InChI=1S/C17H23N3/c1-12-5-6-14(11-13(12)2)15-8-10-19-16(20-15)7-9-17(3,4)18/h5-6,8,10-11H,7,9,18H2,1-4H3. The van der Waals surface area contributed by atoms with Crippen LogP contribution in [0.15, 0.2) is 30.5 Å². The molecule has 0 aliphatic carbocycles. The topological polar surface area (TPSA) is 51.8 Å². The van der Waals surface area contributed by atoms with Crippen LogP contribution in [-0.2, 0) is 6.42 Å². The Morgan fingerprint density at radius 3 is 2.50 bits per heavy atom. The van der Waals surface area contributed by atoms with Gasteiger partial charge in [0.25, 0.3) is 0 Å². The minimum atomic E-state index is -0.181. The average Bonchev–Trinajstić information content (AvgIpc) is 2.39. The first kappa shape index (κ1) is 14.7. The summed E-state index contributed by atoms with van der Waals surface area (Å²) in [4.78, 5) is 8.99. The van der Waals surface area contributed by atoms with Crippen molar-refractivity contribution < 1.29 is 0 Å². The largest absolute Gasteiger partial charge is 0.326 e. The van der Waals surface area contributed by atoms with Crippen LogP contribution in [0, 0.1) is 13.8 Å². The van der Waals surface area contributed by atoms with E-state index >= 15 is 0 Å². The highest BCUT2D eigenvalue weighted by atomic mass is 14.9. The summed E-state index contributed by atoms with van der Waals surface area (Å²) in [5, 5.41) is 0. The Morgan fingerprint density at radius 1 is 1.10 bits per heavy atom. The molecule has 2 aromatic rings.